The van der Waals surface area contributed by atoms with Gasteiger partial charge in [-0.25, -0.2) is 4.98 Å². The first-order chi connectivity index (χ1) is 14.7. The molecule has 0 aliphatic carbocycles. The first-order valence-electron chi connectivity index (χ1n) is 10.5. The summed E-state index contributed by atoms with van der Waals surface area (Å²) >= 11 is 0. The van der Waals surface area contributed by atoms with Crippen LogP contribution in [0.25, 0.3) is 0 Å². The summed E-state index contributed by atoms with van der Waals surface area (Å²) in [6.45, 7) is 6.19. The van der Waals surface area contributed by atoms with Crippen LogP contribution in [0.2, 0.25) is 0 Å². The Morgan fingerprint density at radius 3 is 2.60 bits per heavy atom. The molecule has 0 unspecified atom stereocenters. The van der Waals surface area contributed by atoms with Gasteiger partial charge < -0.3 is 29.9 Å². The van der Waals surface area contributed by atoms with Crippen molar-refractivity contribution in [2.24, 2.45) is 4.99 Å². The predicted octanol–water partition coefficient (Wildman–Crippen LogP) is 2.18. The van der Waals surface area contributed by atoms with Crippen LogP contribution in [0.1, 0.15) is 12.0 Å². The summed E-state index contributed by atoms with van der Waals surface area (Å²) in [7, 11) is 3.92. The third-order valence-electron chi connectivity index (χ3n) is 5.33. The van der Waals surface area contributed by atoms with Gasteiger partial charge >= 0.3 is 0 Å². The lowest BCUT2D eigenvalue weighted by molar-refractivity contribution is 0.297. The lowest BCUT2D eigenvalue weighted by atomic mass is 10.2. The van der Waals surface area contributed by atoms with Crippen molar-refractivity contribution >= 4 is 17.5 Å². The number of anilines is 2. The molecule has 1 fully saturated rings. The maximum atomic E-state index is 5.76. The number of benzene rings is 1. The van der Waals surface area contributed by atoms with Crippen molar-refractivity contribution in [2.45, 2.75) is 13.0 Å². The first-order valence-corrected chi connectivity index (χ1v) is 10.5. The Balaban J connectivity index is 1.32. The fourth-order valence-electron chi connectivity index (χ4n) is 3.49. The van der Waals surface area contributed by atoms with Gasteiger partial charge in [0.05, 0.1) is 13.2 Å². The van der Waals surface area contributed by atoms with Crippen molar-refractivity contribution in [3.8, 4) is 11.5 Å². The Morgan fingerprint density at radius 1 is 1.07 bits per heavy atom. The number of aliphatic imine (C=N–C) groups is 1. The smallest absolute Gasteiger partial charge is 0.195 e. The SMILES string of the molecule is CN=C(NCc1ccc(N2CCN(C)CC2)nc1)Nc1ccc2c(c1)OCCCO2. The number of hydrogen-bond donors (Lipinski definition) is 2. The summed E-state index contributed by atoms with van der Waals surface area (Å²) < 4.78 is 11.4. The molecule has 4 rings (SSSR count). The molecule has 2 aliphatic rings. The van der Waals surface area contributed by atoms with Gasteiger partial charge in [-0.1, -0.05) is 6.07 Å². The minimum Gasteiger partial charge on any atom is -0.490 e. The fourth-order valence-corrected chi connectivity index (χ4v) is 3.49. The number of ether oxygens (including phenoxy) is 2. The number of likely N-dealkylation sites (N-methyl/N-ethyl adjacent to an activating group) is 1. The Labute approximate surface area is 177 Å². The van der Waals surface area contributed by atoms with E-state index in [9.17, 15) is 0 Å². The van der Waals surface area contributed by atoms with Crippen LogP contribution < -0.4 is 25.0 Å². The Morgan fingerprint density at radius 2 is 1.87 bits per heavy atom. The number of hydrogen-bond acceptors (Lipinski definition) is 6. The minimum absolute atomic E-state index is 0.639. The van der Waals surface area contributed by atoms with Crippen LogP contribution in [-0.4, -0.2) is 69.3 Å². The molecule has 1 aromatic heterocycles. The van der Waals surface area contributed by atoms with Gasteiger partial charge in [0.1, 0.15) is 5.82 Å². The van der Waals surface area contributed by atoms with Gasteiger partial charge in [-0.05, 0) is 30.8 Å². The van der Waals surface area contributed by atoms with Gasteiger partial charge in [0.15, 0.2) is 17.5 Å². The van der Waals surface area contributed by atoms with Crippen molar-refractivity contribution in [1.82, 2.24) is 15.2 Å². The van der Waals surface area contributed by atoms with Gasteiger partial charge in [-0.15, -0.1) is 0 Å². The van der Waals surface area contributed by atoms with Crippen LogP contribution >= 0.6 is 0 Å². The summed E-state index contributed by atoms with van der Waals surface area (Å²) in [5.41, 5.74) is 2.00. The van der Waals surface area contributed by atoms with Gasteiger partial charge in [0.2, 0.25) is 0 Å². The molecule has 1 saturated heterocycles. The molecule has 160 valence electrons. The highest BCUT2D eigenvalue weighted by molar-refractivity contribution is 5.93. The quantitative estimate of drug-likeness (QED) is 0.591. The van der Waals surface area contributed by atoms with Crippen LogP contribution in [0.3, 0.4) is 0 Å². The molecule has 0 radical (unpaired) electrons. The Kier molecular flexibility index (Phi) is 6.53. The molecule has 2 aliphatic heterocycles. The van der Waals surface area contributed by atoms with Crippen molar-refractivity contribution in [2.75, 3.05) is 63.7 Å². The van der Waals surface area contributed by atoms with E-state index in [4.69, 9.17) is 9.47 Å². The highest BCUT2D eigenvalue weighted by atomic mass is 16.5. The van der Waals surface area contributed by atoms with Gasteiger partial charge in [-0.3, -0.25) is 4.99 Å². The van der Waals surface area contributed by atoms with Gasteiger partial charge in [0, 0.05) is 64.1 Å². The Hall–Kier alpha value is -3.00. The van der Waals surface area contributed by atoms with E-state index < -0.39 is 0 Å². The molecule has 8 heteroatoms. The molecule has 3 heterocycles. The summed E-state index contributed by atoms with van der Waals surface area (Å²) in [6, 6.07) is 10.1. The van der Waals surface area contributed by atoms with E-state index in [0.717, 1.165) is 61.2 Å². The monoisotopic (exact) mass is 410 g/mol. The second-order valence-corrected chi connectivity index (χ2v) is 7.58. The average Bonchev–Trinajstić information content (AvgIpc) is 3.02. The minimum atomic E-state index is 0.639. The zero-order chi connectivity index (χ0) is 20.8. The molecule has 0 atom stereocenters. The average molecular weight is 411 g/mol. The zero-order valence-corrected chi connectivity index (χ0v) is 17.7. The standard InChI is InChI=1S/C22H30N6O2/c1-23-22(26-18-5-6-19-20(14-18)30-13-3-12-29-19)25-16-17-4-7-21(24-15-17)28-10-8-27(2)9-11-28/h4-7,14-15H,3,8-13,16H2,1-2H3,(H2,23,25,26). The van der Waals surface area contributed by atoms with Crippen LogP contribution in [0.4, 0.5) is 11.5 Å². The van der Waals surface area contributed by atoms with Crippen LogP contribution in [0.15, 0.2) is 41.5 Å². The lowest BCUT2D eigenvalue weighted by Gasteiger charge is -2.33. The molecule has 1 aromatic carbocycles. The number of aromatic nitrogens is 1. The number of rotatable bonds is 4. The van der Waals surface area contributed by atoms with E-state index in [1.54, 1.807) is 7.05 Å². The highest BCUT2D eigenvalue weighted by Crippen LogP contribution is 2.32. The van der Waals surface area contributed by atoms with E-state index in [1.165, 1.54) is 0 Å². The number of pyridine rings is 1. The van der Waals surface area contributed by atoms with E-state index in [-0.39, 0.29) is 0 Å². The van der Waals surface area contributed by atoms with Crippen molar-refractivity contribution < 1.29 is 9.47 Å². The van der Waals surface area contributed by atoms with Crippen LogP contribution in [0.5, 0.6) is 11.5 Å². The molecule has 8 nitrogen and oxygen atoms in total. The molecule has 2 N–H and O–H groups in total. The number of guanidine groups is 1. The summed E-state index contributed by atoms with van der Waals surface area (Å²) in [5, 5.41) is 6.64. The molecule has 2 aromatic rings. The number of fused-ring (bicyclic) bond motifs is 1. The van der Waals surface area contributed by atoms with Gasteiger partial charge in [-0.2, -0.15) is 0 Å². The summed E-state index contributed by atoms with van der Waals surface area (Å²) in [6.07, 6.45) is 2.82. The third-order valence-corrected chi connectivity index (χ3v) is 5.33. The Bertz CT molecular complexity index is 862. The maximum absolute atomic E-state index is 5.76. The number of nitrogens with zero attached hydrogens (tertiary/aromatic N) is 4. The van der Waals surface area contributed by atoms with E-state index in [1.807, 2.05) is 24.4 Å². The van der Waals surface area contributed by atoms with Crippen molar-refractivity contribution in [3.05, 3.63) is 42.1 Å². The topological polar surface area (TPSA) is 74.3 Å². The lowest BCUT2D eigenvalue weighted by Crippen LogP contribution is -2.44. The number of piperazine rings is 1. The molecule has 0 saturated carbocycles. The van der Waals surface area contributed by atoms with E-state index >= 15 is 0 Å². The van der Waals surface area contributed by atoms with E-state index in [0.29, 0.717) is 25.7 Å². The number of nitrogens with one attached hydrogen (secondary N) is 2. The van der Waals surface area contributed by atoms with Crippen LogP contribution in [0, 0.1) is 0 Å². The maximum Gasteiger partial charge on any atom is 0.195 e. The van der Waals surface area contributed by atoms with Crippen LogP contribution in [-0.2, 0) is 6.54 Å². The van der Waals surface area contributed by atoms with Crippen molar-refractivity contribution in [3.63, 3.8) is 0 Å². The molecular weight excluding hydrogens is 380 g/mol. The molecule has 0 bridgehead atoms. The normalized spacial score (nSPS) is 17.4. The van der Waals surface area contributed by atoms with E-state index in [2.05, 4.69) is 49.6 Å². The van der Waals surface area contributed by atoms with Gasteiger partial charge in [0.25, 0.3) is 0 Å². The second-order valence-electron chi connectivity index (χ2n) is 7.58. The molecule has 0 spiro atoms. The first kappa shape index (κ1) is 20.3. The summed E-state index contributed by atoms with van der Waals surface area (Å²) in [4.78, 5) is 13.6. The molecular formula is C22H30N6O2. The zero-order valence-electron chi connectivity index (χ0n) is 17.7. The van der Waals surface area contributed by atoms with Crippen molar-refractivity contribution in [1.29, 1.82) is 0 Å². The fraction of sp³-hybridized carbons (Fsp3) is 0.455. The molecule has 30 heavy (non-hydrogen) atoms. The second kappa shape index (κ2) is 9.67. The molecule has 0 amide bonds. The summed E-state index contributed by atoms with van der Waals surface area (Å²) in [5.74, 6) is 3.28. The highest BCUT2D eigenvalue weighted by Gasteiger charge is 2.15. The largest absolute Gasteiger partial charge is 0.490 e. The predicted molar refractivity (Wildman–Crippen MR) is 120 cm³/mol. The third kappa shape index (κ3) is 5.13.